The molecule has 2 aliphatic rings. The van der Waals surface area contributed by atoms with Crippen molar-refractivity contribution in [1.82, 2.24) is 4.90 Å². The summed E-state index contributed by atoms with van der Waals surface area (Å²) in [6.45, 7) is 4.79. The lowest BCUT2D eigenvalue weighted by atomic mass is 9.78. The molecule has 1 aliphatic heterocycles. The van der Waals surface area contributed by atoms with E-state index < -0.39 is 0 Å². The summed E-state index contributed by atoms with van der Waals surface area (Å²) in [5, 5.41) is 0. The van der Waals surface area contributed by atoms with Gasteiger partial charge < -0.3 is 15.4 Å². The number of rotatable bonds is 6. The Balaban J connectivity index is 1.67. The maximum absolute atomic E-state index is 5.46. The minimum atomic E-state index is 0.647. The highest BCUT2D eigenvalue weighted by Crippen LogP contribution is 2.35. The summed E-state index contributed by atoms with van der Waals surface area (Å²) in [5.74, 6) is 1.00. The molecule has 2 atom stereocenters. The Labute approximate surface area is 106 Å². The van der Waals surface area contributed by atoms with Crippen molar-refractivity contribution in [2.45, 2.75) is 51.0 Å². The fourth-order valence-corrected chi connectivity index (χ4v) is 3.56. The molecule has 100 valence electrons. The monoisotopic (exact) mass is 240 g/mol. The highest BCUT2D eigenvalue weighted by Gasteiger charge is 2.32. The van der Waals surface area contributed by atoms with Crippen LogP contribution in [-0.4, -0.2) is 43.8 Å². The average molecular weight is 240 g/mol. The van der Waals surface area contributed by atoms with Gasteiger partial charge in [-0.05, 0) is 44.6 Å². The Morgan fingerprint density at radius 3 is 2.76 bits per heavy atom. The minimum Gasteiger partial charge on any atom is -0.380 e. The molecule has 0 amide bonds. The van der Waals surface area contributed by atoms with Crippen molar-refractivity contribution in [3.63, 3.8) is 0 Å². The molecule has 3 nitrogen and oxygen atoms in total. The first kappa shape index (κ1) is 13.3. The van der Waals surface area contributed by atoms with Gasteiger partial charge >= 0.3 is 0 Å². The molecule has 0 radical (unpaired) electrons. The zero-order valence-electron chi connectivity index (χ0n) is 11.1. The van der Waals surface area contributed by atoms with Crippen LogP contribution in [0.1, 0.15) is 44.9 Å². The van der Waals surface area contributed by atoms with Gasteiger partial charge in [-0.15, -0.1) is 0 Å². The number of hydrogen-bond donors (Lipinski definition) is 1. The van der Waals surface area contributed by atoms with E-state index in [0.717, 1.165) is 18.6 Å². The number of nitrogens with two attached hydrogens (primary N) is 1. The molecule has 3 heteroatoms. The first-order chi connectivity index (χ1) is 8.42. The van der Waals surface area contributed by atoms with Gasteiger partial charge in [0.05, 0.1) is 6.61 Å². The number of piperidine rings is 1. The van der Waals surface area contributed by atoms with Crippen molar-refractivity contribution in [3.8, 4) is 0 Å². The summed E-state index contributed by atoms with van der Waals surface area (Å²) in [5.41, 5.74) is 5.41. The summed E-state index contributed by atoms with van der Waals surface area (Å²) in [6.07, 6.45) is 9.88. The van der Waals surface area contributed by atoms with Gasteiger partial charge in [-0.3, -0.25) is 0 Å². The molecule has 1 saturated carbocycles. The Hall–Kier alpha value is -0.120. The van der Waals surface area contributed by atoms with Crippen molar-refractivity contribution in [2.75, 3.05) is 32.8 Å². The third-order valence-electron chi connectivity index (χ3n) is 4.35. The van der Waals surface area contributed by atoms with Gasteiger partial charge in [0.1, 0.15) is 0 Å². The van der Waals surface area contributed by atoms with Crippen LogP contribution in [0.3, 0.4) is 0 Å². The van der Waals surface area contributed by atoms with Crippen LogP contribution in [0.2, 0.25) is 0 Å². The fraction of sp³-hybridized carbons (Fsp3) is 1.00. The number of likely N-dealkylation sites (tertiary alicyclic amines) is 1. The third-order valence-corrected chi connectivity index (χ3v) is 4.35. The summed E-state index contributed by atoms with van der Waals surface area (Å²) in [6, 6.07) is 0.895. The van der Waals surface area contributed by atoms with Crippen LogP contribution >= 0.6 is 0 Å². The lowest BCUT2D eigenvalue weighted by molar-refractivity contribution is 0.0492. The van der Waals surface area contributed by atoms with E-state index in [-0.39, 0.29) is 0 Å². The van der Waals surface area contributed by atoms with Crippen molar-refractivity contribution < 1.29 is 4.74 Å². The molecule has 0 bridgehead atoms. The Morgan fingerprint density at radius 1 is 1.06 bits per heavy atom. The molecule has 2 rings (SSSR count). The van der Waals surface area contributed by atoms with Gasteiger partial charge in [-0.2, -0.15) is 0 Å². The molecule has 2 unspecified atom stereocenters. The standard InChI is InChI=1S/C14H28N2O/c15-8-12-17-11-4-10-16-9-3-6-13-5-1-2-7-14(13)16/h13-14H,1-12,15H2. The summed E-state index contributed by atoms with van der Waals surface area (Å²) >= 11 is 0. The second-order valence-corrected chi connectivity index (χ2v) is 5.54. The maximum Gasteiger partial charge on any atom is 0.0588 e. The van der Waals surface area contributed by atoms with E-state index in [1.54, 1.807) is 0 Å². The van der Waals surface area contributed by atoms with Crippen LogP contribution in [0.4, 0.5) is 0 Å². The molecular formula is C14H28N2O. The number of fused-ring (bicyclic) bond motifs is 1. The van der Waals surface area contributed by atoms with Crippen LogP contribution in [0.15, 0.2) is 0 Å². The number of hydrogen-bond acceptors (Lipinski definition) is 3. The topological polar surface area (TPSA) is 38.5 Å². The van der Waals surface area contributed by atoms with Gasteiger partial charge in [0.25, 0.3) is 0 Å². The first-order valence-corrected chi connectivity index (χ1v) is 7.43. The Kier molecular flexibility index (Phi) is 5.75. The third kappa shape index (κ3) is 3.94. The zero-order chi connectivity index (χ0) is 11.9. The first-order valence-electron chi connectivity index (χ1n) is 7.43. The lowest BCUT2D eigenvalue weighted by Crippen LogP contribution is -2.47. The Morgan fingerprint density at radius 2 is 1.88 bits per heavy atom. The van der Waals surface area contributed by atoms with Crippen LogP contribution in [0.5, 0.6) is 0 Å². The molecule has 1 aliphatic carbocycles. The highest BCUT2D eigenvalue weighted by molar-refractivity contribution is 4.87. The second-order valence-electron chi connectivity index (χ2n) is 5.54. The molecule has 1 heterocycles. The van der Waals surface area contributed by atoms with E-state index in [0.29, 0.717) is 13.2 Å². The predicted molar refractivity (Wildman–Crippen MR) is 71.0 cm³/mol. The van der Waals surface area contributed by atoms with Gasteiger partial charge in [-0.1, -0.05) is 12.8 Å². The highest BCUT2D eigenvalue weighted by atomic mass is 16.5. The van der Waals surface area contributed by atoms with E-state index in [1.165, 1.54) is 58.0 Å². The molecule has 1 saturated heterocycles. The molecule has 0 aromatic carbocycles. The molecule has 2 fully saturated rings. The SMILES string of the molecule is NCCOCCCN1CCCC2CCCCC21. The van der Waals surface area contributed by atoms with Crippen molar-refractivity contribution in [3.05, 3.63) is 0 Å². The van der Waals surface area contributed by atoms with Crippen molar-refractivity contribution in [2.24, 2.45) is 11.7 Å². The molecule has 0 aromatic heterocycles. The molecule has 0 spiro atoms. The average Bonchev–Trinajstić information content (AvgIpc) is 2.39. The van der Waals surface area contributed by atoms with Crippen molar-refractivity contribution >= 4 is 0 Å². The number of nitrogens with zero attached hydrogens (tertiary/aromatic N) is 1. The van der Waals surface area contributed by atoms with Gasteiger partial charge in [0.2, 0.25) is 0 Å². The lowest BCUT2D eigenvalue weighted by Gasteiger charge is -2.44. The predicted octanol–water partition coefficient (Wildman–Crippen LogP) is 2.01. The van der Waals surface area contributed by atoms with Gasteiger partial charge in [0, 0.05) is 25.7 Å². The Bertz CT molecular complexity index is 208. The van der Waals surface area contributed by atoms with E-state index >= 15 is 0 Å². The summed E-state index contributed by atoms with van der Waals surface area (Å²) < 4.78 is 5.46. The van der Waals surface area contributed by atoms with E-state index in [9.17, 15) is 0 Å². The van der Waals surface area contributed by atoms with E-state index in [2.05, 4.69) is 4.90 Å². The van der Waals surface area contributed by atoms with Crippen LogP contribution < -0.4 is 5.73 Å². The molecular weight excluding hydrogens is 212 g/mol. The smallest absolute Gasteiger partial charge is 0.0588 e. The van der Waals surface area contributed by atoms with Gasteiger partial charge in [-0.25, -0.2) is 0 Å². The number of ether oxygens (including phenoxy) is 1. The fourth-order valence-electron chi connectivity index (χ4n) is 3.56. The van der Waals surface area contributed by atoms with Crippen LogP contribution in [-0.2, 0) is 4.74 Å². The maximum atomic E-state index is 5.46. The summed E-state index contributed by atoms with van der Waals surface area (Å²) in [4.78, 5) is 2.74. The quantitative estimate of drug-likeness (QED) is 0.722. The second kappa shape index (κ2) is 7.34. The largest absolute Gasteiger partial charge is 0.380 e. The molecule has 2 N–H and O–H groups in total. The summed E-state index contributed by atoms with van der Waals surface area (Å²) in [7, 11) is 0. The van der Waals surface area contributed by atoms with E-state index in [1.807, 2.05) is 0 Å². The van der Waals surface area contributed by atoms with Crippen LogP contribution in [0.25, 0.3) is 0 Å². The van der Waals surface area contributed by atoms with Gasteiger partial charge in [0.15, 0.2) is 0 Å². The zero-order valence-corrected chi connectivity index (χ0v) is 11.1. The van der Waals surface area contributed by atoms with Crippen LogP contribution in [0, 0.1) is 5.92 Å². The molecule has 0 aromatic rings. The molecule has 17 heavy (non-hydrogen) atoms. The van der Waals surface area contributed by atoms with Crippen molar-refractivity contribution in [1.29, 1.82) is 0 Å². The normalized spacial score (nSPS) is 30.2. The van der Waals surface area contributed by atoms with E-state index in [4.69, 9.17) is 10.5 Å². The minimum absolute atomic E-state index is 0.647.